The van der Waals surface area contributed by atoms with E-state index >= 15 is 0 Å². The minimum absolute atomic E-state index is 0.0987. The number of hydrazine groups is 1. The van der Waals surface area contributed by atoms with Crippen molar-refractivity contribution in [1.82, 2.24) is 4.90 Å². The van der Waals surface area contributed by atoms with Gasteiger partial charge in [0.2, 0.25) is 0 Å². The topological polar surface area (TPSA) is 91.4 Å². The van der Waals surface area contributed by atoms with Crippen LogP contribution in [0.1, 0.15) is 22.3 Å². The van der Waals surface area contributed by atoms with Gasteiger partial charge in [0.05, 0.1) is 19.1 Å². The average Bonchev–Trinajstić information content (AvgIpc) is 2.46. The van der Waals surface area contributed by atoms with Crippen LogP contribution in [-0.4, -0.2) is 37.6 Å². The molecule has 0 fully saturated rings. The third-order valence-corrected chi connectivity index (χ3v) is 2.97. The van der Waals surface area contributed by atoms with Gasteiger partial charge < -0.3 is 15.1 Å². The Kier molecular flexibility index (Phi) is 6.50. The third-order valence-electron chi connectivity index (χ3n) is 2.97. The van der Waals surface area contributed by atoms with Gasteiger partial charge in [0.25, 0.3) is 5.91 Å². The summed E-state index contributed by atoms with van der Waals surface area (Å²) in [5.74, 6) is 5.24. The summed E-state index contributed by atoms with van der Waals surface area (Å²) in [6, 6.07) is 7.35. The van der Waals surface area contributed by atoms with Crippen LogP contribution in [0, 0.1) is 18.3 Å². The van der Waals surface area contributed by atoms with Gasteiger partial charge in [-0.05, 0) is 30.7 Å². The number of aryl methyl sites for hydroxylation is 1. The van der Waals surface area contributed by atoms with Crippen LogP contribution >= 0.6 is 0 Å². The monoisotopic (exact) mass is 276 g/mol. The SMILES string of the molecule is COCCN(CCC#N)C(=O)c1ccc(NN)cc1C. The lowest BCUT2D eigenvalue weighted by Crippen LogP contribution is -2.35. The molecule has 1 rings (SSSR count). The van der Waals surface area contributed by atoms with E-state index in [4.69, 9.17) is 15.8 Å². The number of hydrogen-bond donors (Lipinski definition) is 2. The smallest absolute Gasteiger partial charge is 0.254 e. The van der Waals surface area contributed by atoms with Crippen LogP contribution in [-0.2, 0) is 4.74 Å². The first-order valence-corrected chi connectivity index (χ1v) is 6.36. The number of nitrogens with two attached hydrogens (primary N) is 1. The summed E-state index contributed by atoms with van der Waals surface area (Å²) in [5, 5.41) is 8.67. The molecular formula is C14H20N4O2. The minimum Gasteiger partial charge on any atom is -0.383 e. The van der Waals surface area contributed by atoms with Crippen molar-refractivity contribution in [3.8, 4) is 6.07 Å². The maximum Gasteiger partial charge on any atom is 0.254 e. The van der Waals surface area contributed by atoms with E-state index in [1.807, 2.05) is 13.0 Å². The molecule has 0 bridgehead atoms. The van der Waals surface area contributed by atoms with E-state index in [9.17, 15) is 4.79 Å². The van der Waals surface area contributed by atoms with E-state index in [0.29, 0.717) is 31.7 Å². The zero-order valence-corrected chi connectivity index (χ0v) is 11.8. The number of carbonyl (C=O) groups excluding carboxylic acids is 1. The summed E-state index contributed by atoms with van der Waals surface area (Å²) in [7, 11) is 1.58. The van der Waals surface area contributed by atoms with E-state index in [-0.39, 0.29) is 5.91 Å². The van der Waals surface area contributed by atoms with Gasteiger partial charge >= 0.3 is 0 Å². The molecule has 0 unspecified atom stereocenters. The normalized spacial score (nSPS) is 9.90. The highest BCUT2D eigenvalue weighted by atomic mass is 16.5. The number of nitrogens with zero attached hydrogens (tertiary/aromatic N) is 2. The molecule has 1 amide bonds. The highest BCUT2D eigenvalue weighted by Crippen LogP contribution is 2.16. The lowest BCUT2D eigenvalue weighted by Gasteiger charge is -2.22. The molecule has 0 aliphatic heterocycles. The molecule has 6 heteroatoms. The predicted octanol–water partition coefficient (Wildman–Crippen LogP) is 1.28. The molecule has 0 aliphatic carbocycles. The first-order valence-electron chi connectivity index (χ1n) is 6.36. The van der Waals surface area contributed by atoms with Gasteiger partial charge in [-0.15, -0.1) is 0 Å². The molecule has 108 valence electrons. The van der Waals surface area contributed by atoms with Gasteiger partial charge in [-0.2, -0.15) is 5.26 Å². The van der Waals surface area contributed by atoms with Gasteiger partial charge in [-0.3, -0.25) is 10.6 Å². The zero-order chi connectivity index (χ0) is 15.0. The first kappa shape index (κ1) is 16.0. The molecule has 1 aromatic rings. The highest BCUT2D eigenvalue weighted by Gasteiger charge is 2.17. The Balaban J connectivity index is 2.90. The largest absolute Gasteiger partial charge is 0.383 e. The lowest BCUT2D eigenvalue weighted by molar-refractivity contribution is 0.0699. The summed E-state index contributed by atoms with van der Waals surface area (Å²) < 4.78 is 5.00. The van der Waals surface area contributed by atoms with Gasteiger partial charge in [-0.1, -0.05) is 0 Å². The highest BCUT2D eigenvalue weighted by molar-refractivity contribution is 5.96. The van der Waals surface area contributed by atoms with E-state index in [0.717, 1.165) is 11.3 Å². The molecule has 0 atom stereocenters. The van der Waals surface area contributed by atoms with Crippen LogP contribution in [0.15, 0.2) is 18.2 Å². The van der Waals surface area contributed by atoms with Gasteiger partial charge in [0.1, 0.15) is 0 Å². The summed E-state index contributed by atoms with van der Waals surface area (Å²) in [5.41, 5.74) is 4.74. The van der Waals surface area contributed by atoms with Crippen molar-refractivity contribution in [1.29, 1.82) is 5.26 Å². The van der Waals surface area contributed by atoms with E-state index < -0.39 is 0 Å². The van der Waals surface area contributed by atoms with Crippen molar-refractivity contribution < 1.29 is 9.53 Å². The molecule has 3 N–H and O–H groups in total. The number of hydrogen-bond acceptors (Lipinski definition) is 5. The Labute approximate surface area is 119 Å². The summed E-state index contributed by atoms with van der Waals surface area (Å²) >= 11 is 0. The van der Waals surface area contributed by atoms with Gasteiger partial charge in [-0.25, -0.2) is 0 Å². The van der Waals surface area contributed by atoms with Crippen LogP contribution in [0.3, 0.4) is 0 Å². The number of methoxy groups -OCH3 is 1. The fraction of sp³-hybridized carbons (Fsp3) is 0.429. The number of nitrogen functional groups attached to an aromatic ring is 1. The molecule has 0 spiro atoms. The van der Waals surface area contributed by atoms with E-state index in [2.05, 4.69) is 11.5 Å². The van der Waals surface area contributed by atoms with Crippen LogP contribution in [0.5, 0.6) is 0 Å². The quantitative estimate of drug-likeness (QED) is 0.578. The van der Waals surface area contributed by atoms with Crippen molar-refractivity contribution in [2.75, 3.05) is 32.2 Å². The molecule has 1 aromatic carbocycles. The number of nitrogens with one attached hydrogen (secondary N) is 1. The number of anilines is 1. The van der Waals surface area contributed by atoms with Crippen molar-refractivity contribution in [3.63, 3.8) is 0 Å². The van der Waals surface area contributed by atoms with Crippen LogP contribution in [0.2, 0.25) is 0 Å². The van der Waals surface area contributed by atoms with E-state index in [1.54, 1.807) is 24.1 Å². The standard InChI is InChI=1S/C14H20N4O2/c1-11-10-12(17-16)4-5-13(11)14(19)18(7-3-6-15)8-9-20-2/h4-5,10,17H,3,7-9,16H2,1-2H3. The fourth-order valence-electron chi connectivity index (χ4n) is 1.87. The number of rotatable bonds is 7. The van der Waals surface area contributed by atoms with Crippen LogP contribution in [0.25, 0.3) is 0 Å². The van der Waals surface area contributed by atoms with Crippen molar-refractivity contribution in [2.24, 2.45) is 5.84 Å². The van der Waals surface area contributed by atoms with Crippen LogP contribution < -0.4 is 11.3 Å². The van der Waals surface area contributed by atoms with E-state index in [1.165, 1.54) is 0 Å². The van der Waals surface area contributed by atoms with Crippen molar-refractivity contribution in [3.05, 3.63) is 29.3 Å². The Hall–Kier alpha value is -2.10. The second-order valence-electron chi connectivity index (χ2n) is 4.37. The molecule has 20 heavy (non-hydrogen) atoms. The summed E-state index contributed by atoms with van der Waals surface area (Å²) in [6.45, 7) is 3.16. The lowest BCUT2D eigenvalue weighted by atomic mass is 10.1. The average molecular weight is 276 g/mol. The molecular weight excluding hydrogens is 256 g/mol. The number of nitriles is 1. The molecule has 6 nitrogen and oxygen atoms in total. The number of benzene rings is 1. The molecule has 0 heterocycles. The Morgan fingerprint density at radius 2 is 2.25 bits per heavy atom. The Morgan fingerprint density at radius 1 is 1.50 bits per heavy atom. The number of amides is 1. The van der Waals surface area contributed by atoms with Crippen LogP contribution in [0.4, 0.5) is 5.69 Å². The molecule has 0 saturated carbocycles. The minimum atomic E-state index is -0.0987. The van der Waals surface area contributed by atoms with Crippen molar-refractivity contribution in [2.45, 2.75) is 13.3 Å². The second-order valence-corrected chi connectivity index (χ2v) is 4.37. The summed E-state index contributed by atoms with van der Waals surface area (Å²) in [4.78, 5) is 14.1. The molecule has 0 aliphatic rings. The second kappa shape index (κ2) is 8.15. The fourth-order valence-corrected chi connectivity index (χ4v) is 1.87. The summed E-state index contributed by atoms with van der Waals surface area (Å²) in [6.07, 6.45) is 0.303. The molecule has 0 saturated heterocycles. The number of ether oxygens (including phenoxy) is 1. The maximum absolute atomic E-state index is 12.5. The van der Waals surface area contributed by atoms with Gasteiger partial charge in [0.15, 0.2) is 0 Å². The first-order chi connectivity index (χ1) is 9.63. The zero-order valence-electron chi connectivity index (χ0n) is 11.8. The van der Waals surface area contributed by atoms with Gasteiger partial charge in [0, 0.05) is 31.5 Å². The van der Waals surface area contributed by atoms with Crippen molar-refractivity contribution >= 4 is 11.6 Å². The molecule has 0 aromatic heterocycles. The maximum atomic E-state index is 12.5. The Bertz CT molecular complexity index is 496. The predicted molar refractivity (Wildman–Crippen MR) is 77.0 cm³/mol. The number of carbonyl (C=O) groups is 1. The third kappa shape index (κ3) is 4.23. The Morgan fingerprint density at radius 3 is 2.80 bits per heavy atom. The molecule has 0 radical (unpaired) electrons.